The van der Waals surface area contributed by atoms with Crippen LogP contribution in [0.5, 0.6) is 0 Å². The maximum Gasteiger partial charge on any atom is 0.263 e. The highest BCUT2D eigenvalue weighted by atomic mass is 32.1. The Morgan fingerprint density at radius 2 is 1.90 bits per heavy atom. The zero-order valence-corrected chi connectivity index (χ0v) is 18.6. The van der Waals surface area contributed by atoms with Crippen LogP contribution in [0.3, 0.4) is 0 Å². The highest BCUT2D eigenvalue weighted by Crippen LogP contribution is 2.27. The molecule has 9 heteroatoms. The van der Waals surface area contributed by atoms with Crippen molar-refractivity contribution < 1.29 is 14.4 Å². The fraction of sp³-hybridized carbons (Fsp3) is 0.273. The van der Waals surface area contributed by atoms with Gasteiger partial charge in [0.05, 0.1) is 16.5 Å². The molecule has 2 N–H and O–H groups in total. The molecule has 3 aromatic rings. The predicted molar refractivity (Wildman–Crippen MR) is 123 cm³/mol. The van der Waals surface area contributed by atoms with Gasteiger partial charge in [0.15, 0.2) is 5.13 Å². The first kappa shape index (κ1) is 21.2. The van der Waals surface area contributed by atoms with Crippen LogP contribution in [-0.4, -0.2) is 40.7 Å². The molecule has 1 aliphatic heterocycles. The summed E-state index contributed by atoms with van der Waals surface area (Å²) in [5.74, 6) is -0.482. The number of nitrogens with one attached hydrogen (secondary N) is 2. The number of rotatable bonds is 5. The first-order chi connectivity index (χ1) is 15.0. The molecule has 1 saturated heterocycles. The second kappa shape index (κ2) is 9.40. The normalized spacial score (nSPS) is 16.0. The second-order valence-electron chi connectivity index (χ2n) is 7.35. The Kier molecular flexibility index (Phi) is 6.43. The van der Waals surface area contributed by atoms with Crippen LogP contribution in [0.2, 0.25) is 0 Å². The highest BCUT2D eigenvalue weighted by molar-refractivity contribution is 7.14. The Hall–Kier alpha value is -3.04. The number of likely N-dealkylation sites (tertiary alicyclic amines) is 1. The van der Waals surface area contributed by atoms with Crippen molar-refractivity contribution in [2.45, 2.75) is 19.8 Å². The maximum atomic E-state index is 12.8. The number of hydrogen-bond acceptors (Lipinski definition) is 6. The monoisotopic (exact) mass is 454 g/mol. The number of nitrogens with zero attached hydrogens (tertiary/aromatic N) is 2. The van der Waals surface area contributed by atoms with Gasteiger partial charge in [0.1, 0.15) is 0 Å². The third kappa shape index (κ3) is 5.18. The van der Waals surface area contributed by atoms with E-state index in [1.54, 1.807) is 4.90 Å². The van der Waals surface area contributed by atoms with Gasteiger partial charge in [-0.05, 0) is 36.4 Å². The summed E-state index contributed by atoms with van der Waals surface area (Å²) in [7, 11) is 0. The molecule has 31 heavy (non-hydrogen) atoms. The van der Waals surface area contributed by atoms with Gasteiger partial charge in [-0.1, -0.05) is 18.2 Å². The largest absolute Gasteiger partial charge is 0.337 e. The van der Waals surface area contributed by atoms with E-state index in [4.69, 9.17) is 0 Å². The van der Waals surface area contributed by atoms with E-state index in [1.165, 1.54) is 29.6 Å². The predicted octanol–water partition coefficient (Wildman–Crippen LogP) is 4.32. The molecule has 1 aromatic carbocycles. The van der Waals surface area contributed by atoms with Crippen molar-refractivity contribution >= 4 is 51.2 Å². The van der Waals surface area contributed by atoms with Crippen LogP contribution in [-0.2, 0) is 9.59 Å². The first-order valence-electron chi connectivity index (χ1n) is 9.97. The molecule has 0 spiro atoms. The summed E-state index contributed by atoms with van der Waals surface area (Å²) < 4.78 is 0. The molecule has 0 saturated carbocycles. The van der Waals surface area contributed by atoms with Gasteiger partial charge in [0, 0.05) is 36.6 Å². The lowest BCUT2D eigenvalue weighted by molar-refractivity contribution is -0.121. The summed E-state index contributed by atoms with van der Waals surface area (Å²) in [6.07, 6.45) is 1.56. The number of thiophene rings is 1. The van der Waals surface area contributed by atoms with Crippen LogP contribution >= 0.6 is 22.7 Å². The number of carbonyl (C=O) groups excluding carboxylic acids is 3. The Morgan fingerprint density at radius 1 is 1.10 bits per heavy atom. The average Bonchev–Trinajstić information content (AvgIpc) is 3.46. The van der Waals surface area contributed by atoms with E-state index in [-0.39, 0.29) is 23.6 Å². The molecule has 4 rings (SSSR count). The van der Waals surface area contributed by atoms with Crippen molar-refractivity contribution in [1.29, 1.82) is 0 Å². The number of hydrogen-bond donors (Lipinski definition) is 2. The van der Waals surface area contributed by atoms with Gasteiger partial charge in [0.2, 0.25) is 11.8 Å². The van der Waals surface area contributed by atoms with Crippen molar-refractivity contribution in [3.8, 4) is 11.3 Å². The van der Waals surface area contributed by atoms with E-state index in [1.807, 2.05) is 47.2 Å². The van der Waals surface area contributed by atoms with Crippen LogP contribution in [0, 0.1) is 5.92 Å². The quantitative estimate of drug-likeness (QED) is 0.601. The van der Waals surface area contributed by atoms with E-state index in [2.05, 4.69) is 15.6 Å². The van der Waals surface area contributed by atoms with Gasteiger partial charge >= 0.3 is 0 Å². The molecule has 2 aromatic heterocycles. The average molecular weight is 455 g/mol. The lowest BCUT2D eigenvalue weighted by atomic mass is 9.97. The second-order valence-corrected chi connectivity index (χ2v) is 9.16. The number of anilines is 2. The van der Waals surface area contributed by atoms with E-state index in [0.29, 0.717) is 23.1 Å². The number of piperidine rings is 1. The Bertz CT molecular complexity index is 1080. The molecule has 0 bridgehead atoms. The molecule has 1 atom stereocenters. The molecule has 0 aliphatic carbocycles. The third-order valence-electron chi connectivity index (χ3n) is 5.05. The summed E-state index contributed by atoms with van der Waals surface area (Å²) in [5, 5.41) is 9.94. The van der Waals surface area contributed by atoms with Crippen molar-refractivity contribution in [3.05, 3.63) is 52.0 Å². The lowest BCUT2D eigenvalue weighted by Gasteiger charge is -2.31. The molecule has 3 heterocycles. The van der Waals surface area contributed by atoms with E-state index >= 15 is 0 Å². The van der Waals surface area contributed by atoms with Crippen LogP contribution < -0.4 is 10.6 Å². The number of amides is 3. The topological polar surface area (TPSA) is 91.4 Å². The number of carbonyl (C=O) groups is 3. The highest BCUT2D eigenvalue weighted by Gasteiger charge is 2.29. The number of thiazole rings is 1. The molecule has 1 unspecified atom stereocenters. The SMILES string of the molecule is CC(=O)Nc1ccc(-c2csc(NC(=O)C3CCCN(C(=O)c4cccs4)C3)n2)cc1. The molecule has 0 radical (unpaired) electrons. The van der Waals surface area contributed by atoms with Crippen molar-refractivity contribution in [3.63, 3.8) is 0 Å². The minimum absolute atomic E-state index is 0.00764. The fourth-order valence-electron chi connectivity index (χ4n) is 3.53. The van der Waals surface area contributed by atoms with E-state index < -0.39 is 0 Å². The van der Waals surface area contributed by atoms with Crippen LogP contribution in [0.4, 0.5) is 10.8 Å². The molecule has 3 amide bonds. The van der Waals surface area contributed by atoms with Gasteiger partial charge in [-0.2, -0.15) is 0 Å². The van der Waals surface area contributed by atoms with Crippen LogP contribution in [0.15, 0.2) is 47.2 Å². The Balaban J connectivity index is 1.37. The summed E-state index contributed by atoms with van der Waals surface area (Å²) in [6.45, 7) is 2.56. The zero-order chi connectivity index (χ0) is 21.8. The third-order valence-corrected chi connectivity index (χ3v) is 6.66. The molecule has 7 nitrogen and oxygen atoms in total. The van der Waals surface area contributed by atoms with Crippen molar-refractivity contribution in [2.24, 2.45) is 5.92 Å². The number of benzene rings is 1. The maximum absolute atomic E-state index is 12.8. The minimum atomic E-state index is -0.248. The lowest BCUT2D eigenvalue weighted by Crippen LogP contribution is -2.43. The van der Waals surface area contributed by atoms with Crippen LogP contribution in [0.1, 0.15) is 29.4 Å². The van der Waals surface area contributed by atoms with E-state index in [0.717, 1.165) is 29.8 Å². The standard InChI is InChI=1S/C22H22N4O3S2/c1-14(27)23-17-8-6-15(7-9-17)18-13-31-22(24-18)25-20(28)16-4-2-10-26(12-16)21(29)19-5-3-11-30-19/h3,5-9,11,13,16H,2,4,10,12H2,1H3,(H,23,27)(H,24,25,28). The number of aromatic nitrogens is 1. The van der Waals surface area contributed by atoms with Gasteiger partial charge in [0.25, 0.3) is 5.91 Å². The minimum Gasteiger partial charge on any atom is -0.337 e. The smallest absolute Gasteiger partial charge is 0.263 e. The molecule has 1 aliphatic rings. The van der Waals surface area contributed by atoms with Crippen LogP contribution in [0.25, 0.3) is 11.3 Å². The Labute approximate surface area is 188 Å². The van der Waals surface area contributed by atoms with E-state index in [9.17, 15) is 14.4 Å². The summed E-state index contributed by atoms with van der Waals surface area (Å²) in [4.78, 5) is 43.5. The fourth-order valence-corrected chi connectivity index (χ4v) is 4.94. The summed E-state index contributed by atoms with van der Waals surface area (Å²) in [6, 6.07) is 11.1. The van der Waals surface area contributed by atoms with Crippen molar-refractivity contribution in [1.82, 2.24) is 9.88 Å². The van der Waals surface area contributed by atoms with Gasteiger partial charge in [-0.15, -0.1) is 22.7 Å². The summed E-state index contributed by atoms with van der Waals surface area (Å²) in [5.41, 5.74) is 2.38. The molecule has 1 fully saturated rings. The van der Waals surface area contributed by atoms with Gasteiger partial charge < -0.3 is 15.5 Å². The Morgan fingerprint density at radius 3 is 2.61 bits per heavy atom. The first-order valence-corrected chi connectivity index (χ1v) is 11.7. The summed E-state index contributed by atoms with van der Waals surface area (Å²) >= 11 is 2.79. The van der Waals surface area contributed by atoms with Gasteiger partial charge in [-0.25, -0.2) is 4.98 Å². The van der Waals surface area contributed by atoms with Gasteiger partial charge in [-0.3, -0.25) is 14.4 Å². The zero-order valence-electron chi connectivity index (χ0n) is 17.0. The molecule has 160 valence electrons. The van der Waals surface area contributed by atoms with Crippen molar-refractivity contribution in [2.75, 3.05) is 23.7 Å². The molecular weight excluding hydrogens is 432 g/mol. The molecular formula is C22H22N4O3S2.